The van der Waals surface area contributed by atoms with E-state index in [4.69, 9.17) is 4.74 Å². The monoisotopic (exact) mass is 380 g/mol. The van der Waals surface area contributed by atoms with Gasteiger partial charge in [-0.25, -0.2) is 0 Å². The lowest BCUT2D eigenvalue weighted by Crippen LogP contribution is -2.38. The minimum atomic E-state index is -0.255. The Balaban J connectivity index is 1.74. The number of para-hydroxylation sites is 1. The van der Waals surface area contributed by atoms with Crippen LogP contribution >= 0.6 is 0 Å². The maximum Gasteiger partial charge on any atom is 0.255 e. The molecule has 1 N–H and O–H groups in total. The SMILES string of the molecule is CCCOc1cccc(C(=O)Nc2ccccc2C(=O)N2CCC(C)CC2)c1. The first-order valence-corrected chi connectivity index (χ1v) is 10.0. The van der Waals surface area contributed by atoms with Gasteiger partial charge in [0.1, 0.15) is 5.75 Å². The molecule has 1 aliphatic rings. The molecule has 0 radical (unpaired) electrons. The number of anilines is 1. The van der Waals surface area contributed by atoms with Crippen LogP contribution in [0.1, 0.15) is 53.8 Å². The average Bonchev–Trinajstić information content (AvgIpc) is 2.73. The number of amides is 2. The molecule has 0 saturated carbocycles. The number of piperidine rings is 1. The molecule has 0 unspecified atom stereocenters. The summed E-state index contributed by atoms with van der Waals surface area (Å²) in [4.78, 5) is 27.6. The van der Waals surface area contributed by atoms with Crippen molar-refractivity contribution in [1.82, 2.24) is 4.90 Å². The predicted molar refractivity (Wildman–Crippen MR) is 111 cm³/mol. The fraction of sp³-hybridized carbons (Fsp3) is 0.391. The molecule has 1 heterocycles. The summed E-state index contributed by atoms with van der Waals surface area (Å²) in [5.74, 6) is 1.04. The Hall–Kier alpha value is -2.82. The molecule has 1 aliphatic heterocycles. The number of benzene rings is 2. The van der Waals surface area contributed by atoms with Crippen LogP contribution < -0.4 is 10.1 Å². The molecule has 5 nitrogen and oxygen atoms in total. The molecule has 0 spiro atoms. The molecule has 0 atom stereocenters. The van der Waals surface area contributed by atoms with Crippen LogP contribution in [0.25, 0.3) is 0 Å². The van der Waals surface area contributed by atoms with Gasteiger partial charge in [-0.15, -0.1) is 0 Å². The van der Waals surface area contributed by atoms with Crippen molar-refractivity contribution < 1.29 is 14.3 Å². The van der Waals surface area contributed by atoms with Gasteiger partial charge in [-0.1, -0.05) is 32.0 Å². The van der Waals surface area contributed by atoms with Crippen molar-refractivity contribution in [3.63, 3.8) is 0 Å². The standard InChI is InChI=1S/C23H28N2O3/c1-3-15-28-19-8-6-7-18(16-19)22(26)24-21-10-5-4-9-20(21)23(27)25-13-11-17(2)12-14-25/h4-10,16-17H,3,11-15H2,1-2H3,(H,24,26). The van der Waals surface area contributed by atoms with Gasteiger partial charge in [-0.2, -0.15) is 0 Å². The van der Waals surface area contributed by atoms with Gasteiger partial charge in [-0.05, 0) is 55.5 Å². The molecule has 0 aromatic heterocycles. The molecule has 1 fully saturated rings. The summed E-state index contributed by atoms with van der Waals surface area (Å²) < 4.78 is 5.61. The van der Waals surface area contributed by atoms with E-state index < -0.39 is 0 Å². The van der Waals surface area contributed by atoms with Crippen LogP contribution in [0.3, 0.4) is 0 Å². The van der Waals surface area contributed by atoms with Gasteiger partial charge in [0, 0.05) is 18.7 Å². The second kappa shape index (κ2) is 9.40. The molecule has 1 saturated heterocycles. The van der Waals surface area contributed by atoms with Crippen LogP contribution in [-0.4, -0.2) is 36.4 Å². The zero-order valence-corrected chi connectivity index (χ0v) is 16.6. The highest BCUT2D eigenvalue weighted by atomic mass is 16.5. The highest BCUT2D eigenvalue weighted by Gasteiger charge is 2.23. The van der Waals surface area contributed by atoms with Gasteiger partial charge in [0.05, 0.1) is 17.9 Å². The van der Waals surface area contributed by atoms with Crippen LogP contribution in [0.15, 0.2) is 48.5 Å². The van der Waals surface area contributed by atoms with Gasteiger partial charge in [-0.3, -0.25) is 9.59 Å². The van der Waals surface area contributed by atoms with E-state index in [9.17, 15) is 9.59 Å². The molecule has 0 aliphatic carbocycles. The Kier molecular flexibility index (Phi) is 6.69. The van der Waals surface area contributed by atoms with E-state index in [1.54, 1.807) is 30.3 Å². The number of hydrogen-bond acceptors (Lipinski definition) is 3. The number of hydrogen-bond donors (Lipinski definition) is 1. The number of ether oxygens (including phenoxy) is 1. The van der Waals surface area contributed by atoms with Crippen molar-refractivity contribution in [1.29, 1.82) is 0 Å². The highest BCUT2D eigenvalue weighted by molar-refractivity contribution is 6.09. The van der Waals surface area contributed by atoms with Crippen molar-refractivity contribution >= 4 is 17.5 Å². The summed E-state index contributed by atoms with van der Waals surface area (Å²) in [5, 5.41) is 2.90. The third-order valence-electron chi connectivity index (χ3n) is 5.05. The van der Waals surface area contributed by atoms with E-state index in [1.165, 1.54) is 0 Å². The van der Waals surface area contributed by atoms with Crippen LogP contribution in [0.2, 0.25) is 0 Å². The van der Waals surface area contributed by atoms with Crippen molar-refractivity contribution in [2.45, 2.75) is 33.1 Å². The van der Waals surface area contributed by atoms with Crippen LogP contribution in [0.5, 0.6) is 5.75 Å². The van der Waals surface area contributed by atoms with Gasteiger partial charge in [0.25, 0.3) is 11.8 Å². The lowest BCUT2D eigenvalue weighted by molar-refractivity contribution is 0.0698. The second-order valence-electron chi connectivity index (χ2n) is 7.35. The number of carbonyl (C=O) groups excluding carboxylic acids is 2. The predicted octanol–water partition coefficient (Wildman–Crippen LogP) is 4.60. The fourth-order valence-corrected chi connectivity index (χ4v) is 3.30. The number of carbonyl (C=O) groups is 2. The van der Waals surface area contributed by atoms with Crippen molar-refractivity contribution in [2.75, 3.05) is 25.0 Å². The number of likely N-dealkylation sites (tertiary alicyclic amines) is 1. The first kappa shape index (κ1) is 19.9. The molecule has 0 bridgehead atoms. The molecule has 5 heteroatoms. The summed E-state index contributed by atoms with van der Waals surface area (Å²) in [6, 6.07) is 14.3. The van der Waals surface area contributed by atoms with Crippen LogP contribution in [0, 0.1) is 5.92 Å². The Bertz CT molecular complexity index is 826. The van der Waals surface area contributed by atoms with E-state index in [0.29, 0.717) is 35.1 Å². The number of nitrogens with zero attached hydrogens (tertiary/aromatic N) is 1. The third kappa shape index (κ3) is 4.91. The Morgan fingerprint density at radius 3 is 2.61 bits per heavy atom. The summed E-state index contributed by atoms with van der Waals surface area (Å²) in [7, 11) is 0. The quantitative estimate of drug-likeness (QED) is 0.797. The van der Waals surface area contributed by atoms with Gasteiger partial charge >= 0.3 is 0 Å². The Morgan fingerprint density at radius 2 is 1.86 bits per heavy atom. The summed E-state index contributed by atoms with van der Waals surface area (Å²) >= 11 is 0. The van der Waals surface area contributed by atoms with Gasteiger partial charge in [0.15, 0.2) is 0 Å². The summed E-state index contributed by atoms with van der Waals surface area (Å²) in [5.41, 5.74) is 1.57. The van der Waals surface area contributed by atoms with E-state index in [-0.39, 0.29) is 11.8 Å². The number of rotatable bonds is 6. The van der Waals surface area contributed by atoms with Gasteiger partial charge in [0.2, 0.25) is 0 Å². The highest BCUT2D eigenvalue weighted by Crippen LogP contribution is 2.23. The molecule has 2 aromatic carbocycles. The first-order chi connectivity index (χ1) is 13.6. The second-order valence-corrected chi connectivity index (χ2v) is 7.35. The molecule has 2 amide bonds. The Morgan fingerprint density at radius 1 is 1.11 bits per heavy atom. The van der Waals surface area contributed by atoms with Gasteiger partial charge < -0.3 is 15.0 Å². The normalized spacial score (nSPS) is 14.6. The summed E-state index contributed by atoms with van der Waals surface area (Å²) in [6.07, 6.45) is 2.94. The average molecular weight is 380 g/mol. The van der Waals surface area contributed by atoms with Crippen LogP contribution in [-0.2, 0) is 0 Å². The fourth-order valence-electron chi connectivity index (χ4n) is 3.30. The lowest BCUT2D eigenvalue weighted by Gasteiger charge is -2.30. The van der Waals surface area contributed by atoms with Crippen molar-refractivity contribution in [3.8, 4) is 5.75 Å². The first-order valence-electron chi connectivity index (χ1n) is 10.0. The van der Waals surface area contributed by atoms with E-state index in [0.717, 1.165) is 32.4 Å². The molecule has 148 valence electrons. The van der Waals surface area contributed by atoms with E-state index >= 15 is 0 Å². The van der Waals surface area contributed by atoms with E-state index in [2.05, 4.69) is 12.2 Å². The molecular formula is C23H28N2O3. The molecule has 2 aromatic rings. The smallest absolute Gasteiger partial charge is 0.255 e. The van der Waals surface area contributed by atoms with Crippen molar-refractivity contribution in [3.05, 3.63) is 59.7 Å². The minimum absolute atomic E-state index is 0.0252. The molecule has 3 rings (SSSR count). The zero-order chi connectivity index (χ0) is 19.9. The third-order valence-corrected chi connectivity index (χ3v) is 5.05. The maximum absolute atomic E-state index is 13.0. The topological polar surface area (TPSA) is 58.6 Å². The minimum Gasteiger partial charge on any atom is -0.494 e. The molecular weight excluding hydrogens is 352 g/mol. The maximum atomic E-state index is 13.0. The largest absolute Gasteiger partial charge is 0.494 e. The zero-order valence-electron chi connectivity index (χ0n) is 16.6. The summed E-state index contributed by atoms with van der Waals surface area (Å²) in [6.45, 7) is 6.39. The lowest BCUT2D eigenvalue weighted by atomic mass is 9.98. The van der Waals surface area contributed by atoms with Crippen molar-refractivity contribution in [2.24, 2.45) is 5.92 Å². The number of nitrogens with one attached hydrogen (secondary N) is 1. The van der Waals surface area contributed by atoms with Crippen LogP contribution in [0.4, 0.5) is 5.69 Å². The molecule has 28 heavy (non-hydrogen) atoms. The Labute approximate surface area is 166 Å². The van der Waals surface area contributed by atoms with E-state index in [1.807, 2.05) is 30.0 Å².